The number of nitrogens with two attached hydrogens (primary N) is 1. The summed E-state index contributed by atoms with van der Waals surface area (Å²) in [5.41, 5.74) is 11.2. The first-order chi connectivity index (χ1) is 15.6. The predicted octanol–water partition coefficient (Wildman–Crippen LogP) is 5.14. The van der Waals surface area contributed by atoms with Crippen molar-refractivity contribution >= 4 is 34.3 Å². The zero-order valence-corrected chi connectivity index (χ0v) is 17.9. The second-order valence-corrected chi connectivity index (χ2v) is 8.21. The number of aryl methyl sites for hydroxylation is 1. The van der Waals surface area contributed by atoms with E-state index in [1.54, 1.807) is 0 Å². The van der Waals surface area contributed by atoms with E-state index >= 15 is 0 Å². The van der Waals surface area contributed by atoms with Gasteiger partial charge in [0.05, 0.1) is 11.4 Å². The van der Waals surface area contributed by atoms with Gasteiger partial charge in [0, 0.05) is 16.9 Å². The van der Waals surface area contributed by atoms with Gasteiger partial charge in [0.25, 0.3) is 0 Å². The highest BCUT2D eigenvalue weighted by Crippen LogP contribution is 2.36. The van der Waals surface area contributed by atoms with Gasteiger partial charge in [-0.05, 0) is 49.6 Å². The summed E-state index contributed by atoms with van der Waals surface area (Å²) in [6, 6.07) is 15.3. The van der Waals surface area contributed by atoms with Crippen molar-refractivity contribution in [3.05, 3.63) is 60.4 Å². The summed E-state index contributed by atoms with van der Waals surface area (Å²) < 4.78 is 2.01. The molecule has 2 aromatic heterocycles. The van der Waals surface area contributed by atoms with Gasteiger partial charge in [-0.25, -0.2) is 19.4 Å². The molecule has 2 amide bonds. The summed E-state index contributed by atoms with van der Waals surface area (Å²) in [4.78, 5) is 21.0. The smallest absolute Gasteiger partial charge is 0.323 e. The molecule has 4 aromatic rings. The van der Waals surface area contributed by atoms with Crippen LogP contribution < -0.4 is 16.4 Å². The van der Waals surface area contributed by atoms with Crippen LogP contribution in [0.3, 0.4) is 0 Å². The molecule has 0 aliphatic heterocycles. The van der Waals surface area contributed by atoms with E-state index in [9.17, 15) is 4.79 Å². The van der Waals surface area contributed by atoms with E-state index in [1.807, 2.05) is 60.1 Å². The molecule has 2 heterocycles. The lowest BCUT2D eigenvalue weighted by Crippen LogP contribution is -2.19. The summed E-state index contributed by atoms with van der Waals surface area (Å²) in [5.74, 6) is 0.425. The lowest BCUT2D eigenvalue weighted by molar-refractivity contribution is 0.262. The third-order valence-electron chi connectivity index (χ3n) is 5.88. The Morgan fingerprint density at radius 2 is 1.78 bits per heavy atom. The van der Waals surface area contributed by atoms with E-state index in [1.165, 1.54) is 19.2 Å². The first-order valence-electron chi connectivity index (χ1n) is 10.8. The maximum Gasteiger partial charge on any atom is 0.323 e. The quantitative estimate of drug-likeness (QED) is 0.417. The normalized spacial score (nSPS) is 14.0. The van der Waals surface area contributed by atoms with Crippen molar-refractivity contribution < 1.29 is 4.79 Å². The monoisotopic (exact) mass is 427 g/mol. The van der Waals surface area contributed by atoms with E-state index in [0.717, 1.165) is 46.4 Å². The standard InChI is InChI=1S/C24H25N7O/c1-15-5-4-6-18(13-15)29-24(32)28-17-11-9-16(10-12-17)21-20-22(25)26-14-27-23(20)31(30-21)19-7-2-3-8-19/h4-6,9-14,19H,2-3,7-8H2,1H3,(H2,25,26,27)(H2,28,29,32). The maximum atomic E-state index is 12.3. The van der Waals surface area contributed by atoms with Gasteiger partial charge < -0.3 is 16.4 Å². The summed E-state index contributed by atoms with van der Waals surface area (Å²) in [6.07, 6.45) is 6.09. The van der Waals surface area contributed by atoms with Gasteiger partial charge in [-0.3, -0.25) is 0 Å². The topological polar surface area (TPSA) is 111 Å². The second-order valence-electron chi connectivity index (χ2n) is 8.21. The number of urea groups is 1. The minimum absolute atomic E-state index is 0.294. The van der Waals surface area contributed by atoms with Gasteiger partial charge in [-0.1, -0.05) is 37.1 Å². The lowest BCUT2D eigenvalue weighted by Gasteiger charge is -2.10. The molecule has 162 valence electrons. The Morgan fingerprint density at radius 3 is 2.53 bits per heavy atom. The minimum atomic E-state index is -0.294. The molecule has 4 N–H and O–H groups in total. The molecule has 32 heavy (non-hydrogen) atoms. The van der Waals surface area contributed by atoms with Crippen molar-refractivity contribution in [3.63, 3.8) is 0 Å². The molecule has 0 atom stereocenters. The maximum absolute atomic E-state index is 12.3. The predicted molar refractivity (Wildman–Crippen MR) is 126 cm³/mol. The number of fused-ring (bicyclic) bond motifs is 1. The van der Waals surface area contributed by atoms with Crippen molar-refractivity contribution in [3.8, 4) is 11.3 Å². The van der Waals surface area contributed by atoms with Gasteiger partial charge in [0.15, 0.2) is 5.65 Å². The molecule has 0 radical (unpaired) electrons. The number of hydrogen-bond donors (Lipinski definition) is 3. The summed E-state index contributed by atoms with van der Waals surface area (Å²) in [7, 11) is 0. The Kier molecular flexibility index (Phi) is 5.18. The van der Waals surface area contributed by atoms with Crippen LogP contribution in [0.2, 0.25) is 0 Å². The lowest BCUT2D eigenvalue weighted by atomic mass is 10.1. The summed E-state index contributed by atoms with van der Waals surface area (Å²) in [5, 5.41) is 11.4. The second kappa shape index (κ2) is 8.30. The highest BCUT2D eigenvalue weighted by molar-refractivity contribution is 6.01. The fraction of sp³-hybridized carbons (Fsp3) is 0.250. The van der Waals surface area contributed by atoms with Crippen LogP contribution in [0, 0.1) is 6.92 Å². The molecule has 8 nitrogen and oxygen atoms in total. The van der Waals surface area contributed by atoms with Crippen LogP contribution in [0.4, 0.5) is 22.0 Å². The molecule has 2 aromatic carbocycles. The average molecular weight is 428 g/mol. The molecule has 1 saturated carbocycles. The molecule has 0 unspecified atom stereocenters. The van der Waals surface area contributed by atoms with Gasteiger partial charge in [-0.2, -0.15) is 5.10 Å². The van der Waals surface area contributed by atoms with Gasteiger partial charge in [0.1, 0.15) is 17.8 Å². The number of nitrogens with one attached hydrogen (secondary N) is 2. The van der Waals surface area contributed by atoms with E-state index in [0.29, 0.717) is 17.5 Å². The van der Waals surface area contributed by atoms with Gasteiger partial charge in [-0.15, -0.1) is 0 Å². The van der Waals surface area contributed by atoms with Crippen LogP contribution >= 0.6 is 0 Å². The highest BCUT2D eigenvalue weighted by Gasteiger charge is 2.24. The molecule has 0 bridgehead atoms. The Morgan fingerprint density at radius 1 is 1.03 bits per heavy atom. The van der Waals surface area contributed by atoms with Crippen LogP contribution in [0.15, 0.2) is 54.9 Å². The number of rotatable bonds is 4. The van der Waals surface area contributed by atoms with Crippen LogP contribution in [0.25, 0.3) is 22.3 Å². The third-order valence-corrected chi connectivity index (χ3v) is 5.88. The average Bonchev–Trinajstić information content (AvgIpc) is 3.43. The minimum Gasteiger partial charge on any atom is -0.383 e. The van der Waals surface area contributed by atoms with Crippen LogP contribution in [0.5, 0.6) is 0 Å². The zero-order chi connectivity index (χ0) is 22.1. The first-order valence-corrected chi connectivity index (χ1v) is 10.8. The number of carbonyl (C=O) groups is 1. The number of amides is 2. The van der Waals surface area contributed by atoms with Crippen molar-refractivity contribution in [2.45, 2.75) is 38.6 Å². The number of aromatic nitrogens is 4. The van der Waals surface area contributed by atoms with Crippen LogP contribution in [-0.4, -0.2) is 25.8 Å². The Labute approximate surface area is 185 Å². The first kappa shape index (κ1) is 20.0. The Hall–Kier alpha value is -3.94. The molecule has 5 rings (SSSR count). The van der Waals surface area contributed by atoms with Crippen molar-refractivity contribution in [2.24, 2.45) is 0 Å². The Bertz CT molecular complexity index is 1270. The Balaban J connectivity index is 1.40. The SMILES string of the molecule is Cc1cccc(NC(=O)Nc2ccc(-c3nn(C4CCCC4)c4ncnc(N)c34)cc2)c1. The molecule has 0 spiro atoms. The molecule has 1 aliphatic carbocycles. The van der Waals surface area contributed by atoms with E-state index < -0.39 is 0 Å². The largest absolute Gasteiger partial charge is 0.383 e. The fourth-order valence-corrected chi connectivity index (χ4v) is 4.33. The van der Waals surface area contributed by atoms with Crippen molar-refractivity contribution in [1.29, 1.82) is 0 Å². The molecule has 1 fully saturated rings. The molecular weight excluding hydrogens is 402 g/mol. The van der Waals surface area contributed by atoms with Gasteiger partial charge >= 0.3 is 6.03 Å². The van der Waals surface area contributed by atoms with Gasteiger partial charge in [0.2, 0.25) is 0 Å². The number of nitrogen functional groups attached to an aromatic ring is 1. The summed E-state index contributed by atoms with van der Waals surface area (Å²) >= 11 is 0. The number of anilines is 3. The molecule has 1 aliphatic rings. The number of nitrogens with zero attached hydrogens (tertiary/aromatic N) is 4. The van der Waals surface area contributed by atoms with Crippen molar-refractivity contribution in [1.82, 2.24) is 19.7 Å². The zero-order valence-electron chi connectivity index (χ0n) is 17.9. The number of carbonyl (C=O) groups excluding carboxylic acids is 1. The van der Waals surface area contributed by atoms with Crippen molar-refractivity contribution in [2.75, 3.05) is 16.4 Å². The van der Waals surface area contributed by atoms with Crippen LogP contribution in [-0.2, 0) is 0 Å². The summed E-state index contributed by atoms with van der Waals surface area (Å²) in [6.45, 7) is 1.98. The fourth-order valence-electron chi connectivity index (χ4n) is 4.33. The van der Waals surface area contributed by atoms with E-state index in [4.69, 9.17) is 10.8 Å². The third kappa shape index (κ3) is 3.87. The number of benzene rings is 2. The highest BCUT2D eigenvalue weighted by atomic mass is 16.2. The molecule has 8 heteroatoms. The molecular formula is C24H25N7O. The van der Waals surface area contributed by atoms with E-state index in [-0.39, 0.29) is 6.03 Å². The van der Waals surface area contributed by atoms with Crippen LogP contribution in [0.1, 0.15) is 37.3 Å². The molecule has 0 saturated heterocycles. The van der Waals surface area contributed by atoms with E-state index in [2.05, 4.69) is 20.6 Å². The number of hydrogen-bond acceptors (Lipinski definition) is 5.